The Kier molecular flexibility index (Phi) is 4.57. The molecule has 0 unspecified atom stereocenters. The standard InChI is InChI=1S/C15H12ClF2N5O/c16-11-4-2-1-3-10(11)9-22-8-6-13(21-22)20-14(24)12-5-7-19-23(12)15(17)18/h1-8,15H,9H2,(H,20,21,24). The molecule has 0 spiro atoms. The van der Waals surface area contributed by atoms with Crippen LogP contribution in [0.3, 0.4) is 0 Å². The van der Waals surface area contributed by atoms with Gasteiger partial charge in [-0.3, -0.25) is 9.48 Å². The van der Waals surface area contributed by atoms with Crippen LogP contribution in [0.15, 0.2) is 48.8 Å². The minimum atomic E-state index is -2.89. The number of rotatable bonds is 5. The third-order valence-electron chi connectivity index (χ3n) is 3.26. The van der Waals surface area contributed by atoms with Crippen molar-refractivity contribution >= 4 is 23.3 Å². The van der Waals surface area contributed by atoms with Crippen LogP contribution in [0, 0.1) is 0 Å². The molecule has 0 radical (unpaired) electrons. The van der Waals surface area contributed by atoms with E-state index >= 15 is 0 Å². The number of hydrogen-bond donors (Lipinski definition) is 1. The van der Waals surface area contributed by atoms with Crippen LogP contribution in [0.25, 0.3) is 0 Å². The molecule has 9 heteroatoms. The molecule has 0 aliphatic carbocycles. The minimum Gasteiger partial charge on any atom is -0.304 e. The van der Waals surface area contributed by atoms with Crippen molar-refractivity contribution in [2.75, 3.05) is 5.32 Å². The fraction of sp³-hybridized carbons (Fsp3) is 0.133. The summed E-state index contributed by atoms with van der Waals surface area (Å²) in [7, 11) is 0. The van der Waals surface area contributed by atoms with Gasteiger partial charge in [0.25, 0.3) is 5.91 Å². The number of carbonyl (C=O) groups is 1. The minimum absolute atomic E-state index is 0.245. The number of nitrogens with zero attached hydrogens (tertiary/aromatic N) is 4. The zero-order chi connectivity index (χ0) is 17.1. The summed E-state index contributed by atoms with van der Waals surface area (Å²) in [6.07, 6.45) is 2.79. The summed E-state index contributed by atoms with van der Waals surface area (Å²) < 4.78 is 27.4. The summed E-state index contributed by atoms with van der Waals surface area (Å²) >= 11 is 6.09. The summed E-state index contributed by atoms with van der Waals surface area (Å²) in [5, 5.41) is 10.7. The van der Waals surface area contributed by atoms with Crippen LogP contribution in [0.2, 0.25) is 5.02 Å². The maximum Gasteiger partial charge on any atom is 0.333 e. The number of amides is 1. The summed E-state index contributed by atoms with van der Waals surface area (Å²) in [6.45, 7) is -2.47. The van der Waals surface area contributed by atoms with Gasteiger partial charge in [0.05, 0.1) is 6.54 Å². The first kappa shape index (κ1) is 16.1. The summed E-state index contributed by atoms with van der Waals surface area (Å²) in [5.74, 6) is -0.468. The van der Waals surface area contributed by atoms with Gasteiger partial charge in [0.1, 0.15) is 5.69 Å². The van der Waals surface area contributed by atoms with Crippen LogP contribution in [0.4, 0.5) is 14.6 Å². The molecule has 6 nitrogen and oxygen atoms in total. The lowest BCUT2D eigenvalue weighted by molar-refractivity contribution is 0.0520. The maximum atomic E-state index is 12.7. The lowest BCUT2D eigenvalue weighted by atomic mass is 10.2. The van der Waals surface area contributed by atoms with Crippen molar-refractivity contribution in [3.8, 4) is 0 Å². The van der Waals surface area contributed by atoms with Gasteiger partial charge in [0.15, 0.2) is 5.82 Å². The van der Waals surface area contributed by atoms with Gasteiger partial charge in [0, 0.05) is 23.5 Å². The molecule has 2 aromatic heterocycles. The van der Waals surface area contributed by atoms with E-state index in [2.05, 4.69) is 15.5 Å². The number of nitrogens with one attached hydrogen (secondary N) is 1. The molecule has 0 aliphatic rings. The second-order valence-corrected chi connectivity index (χ2v) is 5.29. The number of alkyl halides is 2. The number of aromatic nitrogens is 4. The highest BCUT2D eigenvalue weighted by Crippen LogP contribution is 2.17. The van der Waals surface area contributed by atoms with Crippen LogP contribution in [-0.2, 0) is 6.54 Å². The van der Waals surface area contributed by atoms with Crippen molar-refractivity contribution in [2.24, 2.45) is 0 Å². The fourth-order valence-electron chi connectivity index (χ4n) is 2.15. The zero-order valence-electron chi connectivity index (χ0n) is 12.2. The highest BCUT2D eigenvalue weighted by atomic mass is 35.5. The second kappa shape index (κ2) is 6.79. The molecule has 124 valence electrons. The molecule has 0 fully saturated rings. The monoisotopic (exact) mass is 351 g/mol. The van der Waals surface area contributed by atoms with E-state index < -0.39 is 12.5 Å². The average molecular weight is 352 g/mol. The number of halogens is 3. The van der Waals surface area contributed by atoms with Gasteiger partial charge in [-0.25, -0.2) is 0 Å². The summed E-state index contributed by atoms with van der Waals surface area (Å²) in [5.41, 5.74) is 0.626. The van der Waals surface area contributed by atoms with Crippen molar-refractivity contribution in [3.05, 3.63) is 65.1 Å². The van der Waals surface area contributed by atoms with Gasteiger partial charge in [-0.1, -0.05) is 29.8 Å². The number of anilines is 1. The molecule has 1 aromatic carbocycles. The van der Waals surface area contributed by atoms with E-state index in [1.165, 1.54) is 6.07 Å². The molecule has 3 rings (SSSR count). The fourth-order valence-corrected chi connectivity index (χ4v) is 2.34. The lowest BCUT2D eigenvalue weighted by Crippen LogP contribution is -2.18. The smallest absolute Gasteiger partial charge is 0.304 e. The predicted molar refractivity (Wildman–Crippen MR) is 84.2 cm³/mol. The Morgan fingerprint density at radius 1 is 1.25 bits per heavy atom. The molecular formula is C15H12ClF2N5O. The normalized spacial score (nSPS) is 11.0. The Morgan fingerprint density at radius 2 is 2.04 bits per heavy atom. The SMILES string of the molecule is O=C(Nc1ccn(Cc2ccccc2Cl)n1)c1ccnn1C(F)F. The van der Waals surface area contributed by atoms with Crippen molar-refractivity contribution in [3.63, 3.8) is 0 Å². The van der Waals surface area contributed by atoms with Crippen molar-refractivity contribution < 1.29 is 13.6 Å². The topological polar surface area (TPSA) is 64.7 Å². The van der Waals surface area contributed by atoms with E-state index in [-0.39, 0.29) is 11.5 Å². The number of benzene rings is 1. The van der Waals surface area contributed by atoms with Crippen LogP contribution >= 0.6 is 11.6 Å². The molecule has 0 atom stereocenters. The van der Waals surface area contributed by atoms with Crippen molar-refractivity contribution in [2.45, 2.75) is 13.1 Å². The molecule has 0 bridgehead atoms. The van der Waals surface area contributed by atoms with E-state index in [1.54, 1.807) is 23.0 Å². The molecular weight excluding hydrogens is 340 g/mol. The second-order valence-electron chi connectivity index (χ2n) is 4.88. The molecule has 0 aliphatic heterocycles. The Labute approximate surface area is 140 Å². The van der Waals surface area contributed by atoms with Crippen LogP contribution in [0.1, 0.15) is 22.6 Å². The van der Waals surface area contributed by atoms with E-state index in [4.69, 9.17) is 11.6 Å². The first-order valence-electron chi connectivity index (χ1n) is 6.94. The Morgan fingerprint density at radius 3 is 2.79 bits per heavy atom. The number of carbonyl (C=O) groups excluding carboxylic acids is 1. The van der Waals surface area contributed by atoms with E-state index in [0.717, 1.165) is 11.8 Å². The largest absolute Gasteiger partial charge is 0.333 e. The van der Waals surface area contributed by atoms with Crippen molar-refractivity contribution in [1.29, 1.82) is 0 Å². The van der Waals surface area contributed by atoms with E-state index in [1.807, 2.05) is 18.2 Å². The molecule has 3 aromatic rings. The Bertz CT molecular complexity index is 861. The predicted octanol–water partition coefficient (Wildman–Crippen LogP) is 3.43. The van der Waals surface area contributed by atoms with Gasteiger partial charge < -0.3 is 5.32 Å². The molecule has 0 saturated carbocycles. The third-order valence-corrected chi connectivity index (χ3v) is 3.63. The molecule has 2 heterocycles. The highest BCUT2D eigenvalue weighted by molar-refractivity contribution is 6.31. The lowest BCUT2D eigenvalue weighted by Gasteiger charge is -2.06. The van der Waals surface area contributed by atoms with Gasteiger partial charge in [-0.15, -0.1) is 0 Å². The molecule has 24 heavy (non-hydrogen) atoms. The average Bonchev–Trinajstić information content (AvgIpc) is 3.19. The number of hydrogen-bond acceptors (Lipinski definition) is 3. The van der Waals surface area contributed by atoms with E-state index in [0.29, 0.717) is 16.2 Å². The van der Waals surface area contributed by atoms with Gasteiger partial charge in [0.2, 0.25) is 0 Å². The Balaban J connectivity index is 1.71. The van der Waals surface area contributed by atoms with Crippen LogP contribution < -0.4 is 5.32 Å². The third kappa shape index (κ3) is 3.43. The van der Waals surface area contributed by atoms with Gasteiger partial charge in [-0.2, -0.15) is 23.7 Å². The maximum absolute atomic E-state index is 12.7. The molecule has 1 N–H and O–H groups in total. The van der Waals surface area contributed by atoms with Crippen LogP contribution in [-0.4, -0.2) is 25.5 Å². The quantitative estimate of drug-likeness (QED) is 0.766. The highest BCUT2D eigenvalue weighted by Gasteiger charge is 2.18. The van der Waals surface area contributed by atoms with Gasteiger partial charge in [-0.05, 0) is 17.7 Å². The summed E-state index contributed by atoms with van der Waals surface area (Å²) in [6, 6.07) is 10.1. The zero-order valence-corrected chi connectivity index (χ0v) is 13.0. The molecule has 0 saturated heterocycles. The first-order chi connectivity index (χ1) is 11.5. The van der Waals surface area contributed by atoms with Crippen LogP contribution in [0.5, 0.6) is 0 Å². The van der Waals surface area contributed by atoms with Crippen molar-refractivity contribution in [1.82, 2.24) is 19.6 Å². The molecule has 1 amide bonds. The Hall–Kier alpha value is -2.74. The van der Waals surface area contributed by atoms with E-state index in [9.17, 15) is 13.6 Å². The summed E-state index contributed by atoms with van der Waals surface area (Å²) in [4.78, 5) is 12.0. The first-order valence-corrected chi connectivity index (χ1v) is 7.32. The van der Waals surface area contributed by atoms with Gasteiger partial charge >= 0.3 is 6.55 Å².